The Kier molecular flexibility index (Phi) is 5.58. The van der Waals surface area contributed by atoms with E-state index in [0.717, 1.165) is 35.4 Å². The molecule has 0 unspecified atom stereocenters. The lowest BCUT2D eigenvalue weighted by Gasteiger charge is -2.31. The Morgan fingerprint density at radius 3 is 2.50 bits per heavy atom. The summed E-state index contributed by atoms with van der Waals surface area (Å²) in [4.78, 5) is 19.7. The number of likely N-dealkylation sites (tertiary alicyclic amines) is 1. The van der Waals surface area contributed by atoms with Crippen molar-refractivity contribution in [3.63, 3.8) is 0 Å². The number of nitrogens with zero attached hydrogens (tertiary/aromatic N) is 2. The van der Waals surface area contributed by atoms with Gasteiger partial charge in [0.2, 0.25) is 0 Å². The van der Waals surface area contributed by atoms with Crippen LogP contribution in [0.2, 0.25) is 0 Å². The lowest BCUT2D eigenvalue weighted by molar-refractivity contribution is 0.0702. The molecule has 0 N–H and O–H groups in total. The number of para-hydroxylation sites is 3. The van der Waals surface area contributed by atoms with Crippen LogP contribution in [0.15, 0.2) is 77.2 Å². The first-order valence-electron chi connectivity index (χ1n) is 10.8. The highest BCUT2D eigenvalue weighted by molar-refractivity contribution is 5.97. The maximum atomic E-state index is 13.2. The van der Waals surface area contributed by atoms with E-state index < -0.39 is 0 Å². The summed E-state index contributed by atoms with van der Waals surface area (Å²) >= 11 is 0. The minimum atomic E-state index is -0.287. The predicted octanol–water partition coefficient (Wildman–Crippen LogP) is 5.57. The molecule has 1 aliphatic rings. The Morgan fingerprint density at radius 2 is 1.72 bits per heavy atom. The van der Waals surface area contributed by atoms with Crippen LogP contribution >= 0.6 is 0 Å². The molecule has 4 aromatic rings. The zero-order valence-corrected chi connectivity index (χ0v) is 17.5. The van der Waals surface area contributed by atoms with E-state index in [0.29, 0.717) is 24.4 Å². The lowest BCUT2D eigenvalue weighted by atomic mass is 9.96. The van der Waals surface area contributed by atoms with Gasteiger partial charge in [-0.2, -0.15) is 0 Å². The summed E-state index contributed by atoms with van der Waals surface area (Å²) in [6.07, 6.45) is 1.61. The summed E-state index contributed by atoms with van der Waals surface area (Å²) in [6.45, 7) is 1.54. The smallest absolute Gasteiger partial charge is 0.257 e. The normalized spacial score (nSPS) is 14.6. The minimum absolute atomic E-state index is 0.0456. The fourth-order valence-corrected chi connectivity index (χ4v) is 4.08. The number of oxazole rings is 1. The van der Waals surface area contributed by atoms with Crippen molar-refractivity contribution in [2.45, 2.75) is 25.4 Å². The third-order valence-electron chi connectivity index (χ3n) is 5.87. The zero-order chi connectivity index (χ0) is 21.9. The predicted molar refractivity (Wildman–Crippen MR) is 119 cm³/mol. The van der Waals surface area contributed by atoms with E-state index >= 15 is 0 Å². The van der Waals surface area contributed by atoms with E-state index in [-0.39, 0.29) is 24.2 Å². The second-order valence-electron chi connectivity index (χ2n) is 8.00. The molecule has 0 bridgehead atoms. The van der Waals surface area contributed by atoms with Crippen molar-refractivity contribution in [1.82, 2.24) is 9.88 Å². The molecule has 0 radical (unpaired) electrons. The number of fused-ring (bicyclic) bond motifs is 1. The molecule has 0 saturated carbocycles. The van der Waals surface area contributed by atoms with Gasteiger partial charge in [-0.1, -0.05) is 36.4 Å². The molecule has 3 aromatic carbocycles. The second-order valence-corrected chi connectivity index (χ2v) is 8.00. The van der Waals surface area contributed by atoms with Gasteiger partial charge in [-0.05, 0) is 54.8 Å². The number of benzene rings is 3. The van der Waals surface area contributed by atoms with E-state index in [1.165, 1.54) is 12.1 Å². The van der Waals surface area contributed by atoms with Crippen LogP contribution in [0.25, 0.3) is 11.1 Å². The maximum Gasteiger partial charge on any atom is 0.257 e. The topological polar surface area (TPSA) is 55.6 Å². The van der Waals surface area contributed by atoms with Crippen LogP contribution in [0, 0.1) is 5.82 Å². The standard InChI is InChI=1S/C26H23FN2O3/c27-20-11-9-18(10-12-20)17-31-23-7-3-1-5-21(23)26(30)29-15-13-19(14-16-29)25-28-22-6-2-4-8-24(22)32-25/h1-12,19H,13-17H2. The number of amides is 1. The van der Waals surface area contributed by atoms with Crippen LogP contribution < -0.4 is 4.74 Å². The van der Waals surface area contributed by atoms with Crippen LogP contribution in [0.4, 0.5) is 4.39 Å². The number of carbonyl (C=O) groups excluding carboxylic acids is 1. The fourth-order valence-electron chi connectivity index (χ4n) is 4.08. The Bertz CT molecular complexity index is 1190. The van der Waals surface area contributed by atoms with Crippen molar-refractivity contribution in [3.8, 4) is 5.75 Å². The van der Waals surface area contributed by atoms with Gasteiger partial charge in [0.25, 0.3) is 5.91 Å². The Hall–Kier alpha value is -3.67. The molecular weight excluding hydrogens is 407 g/mol. The maximum absolute atomic E-state index is 13.2. The number of carbonyl (C=O) groups is 1. The van der Waals surface area contributed by atoms with Crippen LogP contribution in [-0.2, 0) is 6.61 Å². The Balaban J connectivity index is 1.24. The Morgan fingerprint density at radius 1 is 1.00 bits per heavy atom. The molecule has 1 aliphatic heterocycles. The molecule has 32 heavy (non-hydrogen) atoms. The van der Waals surface area contributed by atoms with Gasteiger partial charge in [0.15, 0.2) is 11.5 Å². The van der Waals surface area contributed by atoms with Gasteiger partial charge in [-0.15, -0.1) is 0 Å². The summed E-state index contributed by atoms with van der Waals surface area (Å²) in [5.41, 5.74) is 3.05. The summed E-state index contributed by atoms with van der Waals surface area (Å²) in [6, 6.07) is 21.2. The van der Waals surface area contributed by atoms with Gasteiger partial charge in [-0.25, -0.2) is 9.37 Å². The number of rotatable bonds is 5. The van der Waals surface area contributed by atoms with E-state index in [2.05, 4.69) is 4.98 Å². The third kappa shape index (κ3) is 4.21. The molecule has 162 valence electrons. The number of hydrogen-bond acceptors (Lipinski definition) is 4. The van der Waals surface area contributed by atoms with Crippen LogP contribution in [0.1, 0.15) is 40.6 Å². The molecule has 5 rings (SSSR count). The third-order valence-corrected chi connectivity index (χ3v) is 5.87. The molecule has 0 aliphatic carbocycles. The highest BCUT2D eigenvalue weighted by atomic mass is 19.1. The molecule has 2 heterocycles. The van der Waals surface area contributed by atoms with Crippen LogP contribution in [0.3, 0.4) is 0 Å². The molecule has 5 nitrogen and oxygen atoms in total. The first kappa shape index (κ1) is 20.2. The van der Waals surface area contributed by atoms with Gasteiger partial charge in [-0.3, -0.25) is 4.79 Å². The van der Waals surface area contributed by atoms with E-state index in [4.69, 9.17) is 9.15 Å². The fraction of sp³-hybridized carbons (Fsp3) is 0.231. The molecule has 6 heteroatoms. The van der Waals surface area contributed by atoms with Gasteiger partial charge in [0.05, 0.1) is 5.56 Å². The largest absolute Gasteiger partial charge is 0.488 e. The second kappa shape index (κ2) is 8.83. The zero-order valence-electron chi connectivity index (χ0n) is 17.5. The molecule has 1 amide bonds. The van der Waals surface area contributed by atoms with Gasteiger partial charge in [0.1, 0.15) is 23.7 Å². The van der Waals surface area contributed by atoms with Gasteiger partial charge >= 0.3 is 0 Å². The minimum Gasteiger partial charge on any atom is -0.488 e. The monoisotopic (exact) mass is 430 g/mol. The molecular formula is C26H23FN2O3. The van der Waals surface area contributed by atoms with E-state index in [1.807, 2.05) is 41.3 Å². The summed E-state index contributed by atoms with van der Waals surface area (Å²) in [7, 11) is 0. The molecule has 1 fully saturated rings. The van der Waals surface area contributed by atoms with Crippen molar-refractivity contribution < 1.29 is 18.3 Å². The summed E-state index contributed by atoms with van der Waals surface area (Å²) < 4.78 is 24.9. The van der Waals surface area contributed by atoms with Gasteiger partial charge < -0.3 is 14.1 Å². The molecule has 0 spiro atoms. The molecule has 1 aromatic heterocycles. The number of halogens is 1. The molecule has 1 saturated heterocycles. The van der Waals surface area contributed by atoms with Gasteiger partial charge in [0, 0.05) is 19.0 Å². The summed E-state index contributed by atoms with van der Waals surface area (Å²) in [5.74, 6) is 1.15. The first-order valence-corrected chi connectivity index (χ1v) is 10.8. The Labute approximate surface area is 185 Å². The van der Waals surface area contributed by atoms with Crippen molar-refractivity contribution in [1.29, 1.82) is 0 Å². The van der Waals surface area contributed by atoms with Crippen LogP contribution in [0.5, 0.6) is 5.75 Å². The summed E-state index contributed by atoms with van der Waals surface area (Å²) in [5, 5.41) is 0. The first-order chi connectivity index (χ1) is 15.7. The van der Waals surface area contributed by atoms with Crippen molar-refractivity contribution >= 4 is 17.0 Å². The van der Waals surface area contributed by atoms with Crippen molar-refractivity contribution in [2.75, 3.05) is 13.1 Å². The van der Waals surface area contributed by atoms with E-state index in [1.54, 1.807) is 24.3 Å². The lowest BCUT2D eigenvalue weighted by Crippen LogP contribution is -2.38. The average molecular weight is 430 g/mol. The number of ether oxygens (including phenoxy) is 1. The van der Waals surface area contributed by atoms with Crippen LogP contribution in [-0.4, -0.2) is 28.9 Å². The highest BCUT2D eigenvalue weighted by Gasteiger charge is 2.28. The average Bonchev–Trinajstić information content (AvgIpc) is 3.28. The quantitative estimate of drug-likeness (QED) is 0.416. The van der Waals surface area contributed by atoms with E-state index in [9.17, 15) is 9.18 Å². The number of aromatic nitrogens is 1. The number of hydrogen-bond donors (Lipinski definition) is 0. The highest BCUT2D eigenvalue weighted by Crippen LogP contribution is 2.31. The number of piperidine rings is 1. The SMILES string of the molecule is O=C(c1ccccc1OCc1ccc(F)cc1)N1CCC(c2nc3ccccc3o2)CC1. The van der Waals surface area contributed by atoms with Crippen molar-refractivity contribution in [2.24, 2.45) is 0 Å². The molecule has 0 atom stereocenters. The van der Waals surface area contributed by atoms with Crippen molar-refractivity contribution in [3.05, 3.63) is 95.6 Å².